The molecule has 2 aromatic carbocycles. The number of aliphatic hydroxyl groups is 1. The minimum absolute atomic E-state index is 0. The summed E-state index contributed by atoms with van der Waals surface area (Å²) in [5.41, 5.74) is 7.49. The van der Waals surface area contributed by atoms with E-state index in [1.54, 1.807) is 13.8 Å². The van der Waals surface area contributed by atoms with Gasteiger partial charge in [-0.15, -0.1) is 22.7 Å². The molecule has 1 aliphatic rings. The zero-order chi connectivity index (χ0) is 66.1. The first-order chi connectivity index (χ1) is 43.4. The number of aryl methyl sites for hydroxylation is 2. The standard InChI is InChI=1S/C31H39N5O8S.C27H37N5O5S.C4H2O3.Na/c1-22(2)36(25-6-7-26(23(3)20-25)34-35-31-30(33-5)24(4)27(21-32)45-31)10-11-40-12-13-41-14-15-42-16-17-43-18-19-44-29(39)9-8-28(37)38;1-20(2)32(9-11-34-13-15-36-17-18-37-16-14-35-12-10-33)23-7-8-24(21(3)19-23)30-31-27-25(28-5)22(4)26(29-6)38-27;5-3-1-2-4(6)7-3;/h6-9,20,22H,10-19H2,1-4H3,(H,37,38);7-8,19-20,33H,9-18H2,1-4H3;1-2H;/q;;;+1/p-1/b9-8-,35-34?;;;. The van der Waals surface area contributed by atoms with Crippen molar-refractivity contribution in [2.24, 2.45) is 20.5 Å². The third-order valence-electron chi connectivity index (χ3n) is 12.2. The number of nitrogens with zero attached hydrogens (tertiary/aromatic N) is 10. The maximum Gasteiger partial charge on any atom is 1.00 e. The van der Waals surface area contributed by atoms with Crippen LogP contribution in [0.3, 0.4) is 0 Å². The SMILES string of the molecule is O=C1C=CC(=O)O1.[C-]#[N+]c1c(N=Nc2ccc(N(CCOCCOCCOCCOCCOC(=O)/C=C\C(=O)[O-])C(C)C)cc2C)sc(C#N)c1C.[C-]#[N+]c1sc(N=Nc2ccc(N(CCOCCOCCOCCOCCO)C(C)C)cc2C)c([N+]#[C-])c1C.[Na+]. The molecule has 0 radical (unpaired) electrons. The molecule has 4 aromatic rings. The van der Waals surface area contributed by atoms with Crippen LogP contribution in [0.25, 0.3) is 14.5 Å². The van der Waals surface area contributed by atoms with Gasteiger partial charge in [0.15, 0.2) is 0 Å². The summed E-state index contributed by atoms with van der Waals surface area (Å²) in [6, 6.07) is 14.6. The number of benzene rings is 2. The summed E-state index contributed by atoms with van der Waals surface area (Å²) in [4.78, 5) is 56.7. The number of thiophene rings is 2. The van der Waals surface area contributed by atoms with Crippen molar-refractivity contribution >= 4 is 95.7 Å². The molecule has 1 aliphatic heterocycles. The summed E-state index contributed by atoms with van der Waals surface area (Å²) in [5, 5.41) is 46.7. The van der Waals surface area contributed by atoms with Crippen LogP contribution in [0.2, 0.25) is 0 Å². The second-order valence-corrected chi connectivity index (χ2v) is 21.3. The summed E-state index contributed by atoms with van der Waals surface area (Å²) < 4.78 is 52.5. The Hall–Kier alpha value is -7.20. The second kappa shape index (κ2) is 46.8. The van der Waals surface area contributed by atoms with Crippen molar-refractivity contribution in [2.45, 2.75) is 67.5 Å². The largest absolute Gasteiger partial charge is 1.00 e. The van der Waals surface area contributed by atoms with Crippen LogP contribution in [0, 0.1) is 58.7 Å². The molecule has 29 heteroatoms. The molecule has 0 fully saturated rings. The van der Waals surface area contributed by atoms with Crippen molar-refractivity contribution in [1.29, 1.82) is 5.26 Å². The average Bonchev–Trinajstić information content (AvgIpc) is 2.03. The zero-order valence-electron chi connectivity index (χ0n) is 52.9. The van der Waals surface area contributed by atoms with Crippen molar-refractivity contribution < 1.29 is 106 Å². The number of rotatable bonds is 39. The predicted molar refractivity (Wildman–Crippen MR) is 336 cm³/mol. The van der Waals surface area contributed by atoms with E-state index >= 15 is 0 Å². The number of aliphatic hydroxyl groups excluding tert-OH is 1. The van der Waals surface area contributed by atoms with E-state index < -0.39 is 23.9 Å². The number of nitriles is 1. The maximum atomic E-state index is 11.2. The van der Waals surface area contributed by atoms with Crippen LogP contribution in [-0.4, -0.2) is 173 Å². The number of hydrogen-bond donors (Lipinski definition) is 1. The van der Waals surface area contributed by atoms with Gasteiger partial charge in [0.25, 0.3) is 0 Å². The van der Waals surface area contributed by atoms with E-state index in [4.69, 9.17) is 67.5 Å². The minimum Gasteiger partial charge on any atom is -0.545 e. The number of carbonyl (C=O) groups excluding carboxylic acids is 4. The molecule has 1 N–H and O–H groups in total. The number of ether oxygens (including phenoxy) is 10. The number of carbonyl (C=O) groups is 4. The van der Waals surface area contributed by atoms with Gasteiger partial charge in [0.1, 0.15) is 22.7 Å². The average molecular weight is 1310 g/mol. The van der Waals surface area contributed by atoms with Gasteiger partial charge in [0, 0.05) is 54.8 Å². The van der Waals surface area contributed by atoms with Gasteiger partial charge in [-0.3, -0.25) is 0 Å². The van der Waals surface area contributed by atoms with E-state index in [9.17, 15) is 29.5 Å². The molecule has 5 rings (SSSR count). The Morgan fingerprint density at radius 3 is 1.35 bits per heavy atom. The van der Waals surface area contributed by atoms with Gasteiger partial charge in [0.05, 0.1) is 154 Å². The fourth-order valence-corrected chi connectivity index (χ4v) is 9.33. The van der Waals surface area contributed by atoms with Crippen LogP contribution in [-0.2, 0) is 66.5 Å². The molecule has 0 bridgehead atoms. The van der Waals surface area contributed by atoms with Crippen molar-refractivity contribution in [1.82, 2.24) is 0 Å². The third-order valence-corrected chi connectivity index (χ3v) is 14.3. The van der Waals surface area contributed by atoms with Gasteiger partial charge < -0.3 is 72.2 Å². The first-order valence-corrected chi connectivity index (χ1v) is 30.1. The number of anilines is 2. The van der Waals surface area contributed by atoms with E-state index in [-0.39, 0.29) is 61.5 Å². The van der Waals surface area contributed by atoms with E-state index in [1.165, 1.54) is 22.7 Å². The van der Waals surface area contributed by atoms with Gasteiger partial charge in [0.2, 0.25) is 16.4 Å². The Morgan fingerprint density at radius 2 is 1.00 bits per heavy atom. The Balaban J connectivity index is 0.000000558. The fourth-order valence-electron chi connectivity index (χ4n) is 7.61. The normalized spacial score (nSPS) is 11.6. The van der Waals surface area contributed by atoms with Crippen LogP contribution in [0.4, 0.5) is 49.1 Å². The Kier molecular flexibility index (Phi) is 41.1. The molecule has 0 saturated heterocycles. The zero-order valence-corrected chi connectivity index (χ0v) is 56.6. The van der Waals surface area contributed by atoms with Crippen molar-refractivity contribution in [3.05, 3.63) is 122 Å². The molecule has 0 amide bonds. The quantitative estimate of drug-likeness (QED) is 0.00884. The molecule has 0 aliphatic carbocycles. The topological polar surface area (TPSA) is 297 Å². The molecule has 0 saturated carbocycles. The number of esters is 3. The molecule has 2 aromatic heterocycles. The molecule has 0 atom stereocenters. The van der Waals surface area contributed by atoms with Crippen molar-refractivity contribution in [2.75, 3.05) is 142 Å². The van der Waals surface area contributed by atoms with E-state index in [2.05, 4.69) is 89.4 Å². The molecule has 26 nitrogen and oxygen atoms in total. The summed E-state index contributed by atoms with van der Waals surface area (Å²) in [7, 11) is 0. The molecule has 0 spiro atoms. The number of hydrogen-bond acceptors (Lipinski definition) is 25. The third kappa shape index (κ3) is 31.1. The van der Waals surface area contributed by atoms with Crippen LogP contribution in [0.1, 0.15) is 54.8 Å². The predicted octanol–water partition coefficient (Wildman–Crippen LogP) is 7.12. The summed E-state index contributed by atoms with van der Waals surface area (Å²) in [5.74, 6) is -3.41. The van der Waals surface area contributed by atoms with E-state index in [1.807, 2.05) is 44.2 Å². The summed E-state index contributed by atoms with van der Waals surface area (Å²) >= 11 is 2.36. The van der Waals surface area contributed by atoms with Gasteiger partial charge in [-0.05, 0) is 113 Å². The number of carboxylic acids is 1. The number of cyclic esters (lactones) is 2. The summed E-state index contributed by atoms with van der Waals surface area (Å²) in [6.45, 7) is 46.4. The number of aliphatic carboxylic acids is 1. The first kappa shape index (κ1) is 79.9. The molecule has 484 valence electrons. The molecule has 0 unspecified atom stereocenters. The maximum absolute atomic E-state index is 11.2. The van der Waals surface area contributed by atoms with Crippen LogP contribution in [0.15, 0.2) is 81.2 Å². The van der Waals surface area contributed by atoms with Crippen LogP contribution in [0.5, 0.6) is 0 Å². The van der Waals surface area contributed by atoms with Gasteiger partial charge in [-0.25, -0.2) is 28.9 Å². The van der Waals surface area contributed by atoms with Crippen LogP contribution < -0.4 is 44.5 Å². The smallest absolute Gasteiger partial charge is 0.545 e. The molecular formula is C62H77N10NaO16S2. The second-order valence-electron chi connectivity index (χ2n) is 19.3. The molecule has 91 heavy (non-hydrogen) atoms. The number of azo groups is 2. The van der Waals surface area contributed by atoms with Crippen molar-refractivity contribution in [3.63, 3.8) is 0 Å². The summed E-state index contributed by atoms with van der Waals surface area (Å²) in [6.07, 6.45) is 3.55. The van der Waals surface area contributed by atoms with Gasteiger partial charge in [-0.1, -0.05) is 6.92 Å². The Bertz CT molecular complexity index is 3200. The van der Waals surface area contributed by atoms with Gasteiger partial charge in [-0.2, -0.15) is 25.7 Å². The van der Waals surface area contributed by atoms with E-state index in [0.717, 1.165) is 53.0 Å². The first-order valence-electron chi connectivity index (χ1n) is 28.5. The Labute approximate surface area is 561 Å². The van der Waals surface area contributed by atoms with E-state index in [0.29, 0.717) is 160 Å². The number of carboxylic acid groups (broad SMARTS) is 1. The molecular weight excluding hydrogens is 1230 g/mol. The molecule has 3 heterocycles. The Morgan fingerprint density at radius 1 is 0.604 bits per heavy atom. The van der Waals surface area contributed by atoms with Gasteiger partial charge >= 0.3 is 47.5 Å². The monoisotopic (exact) mass is 1300 g/mol. The minimum atomic E-state index is -1.47. The fraction of sp³-hybridized carbons (Fsp3) is 0.484. The van der Waals surface area contributed by atoms with Crippen LogP contribution >= 0.6 is 22.7 Å². The van der Waals surface area contributed by atoms with Crippen molar-refractivity contribution in [3.8, 4) is 6.07 Å².